The number of benzene rings is 2. The zero-order valence-electron chi connectivity index (χ0n) is 16.8. The summed E-state index contributed by atoms with van der Waals surface area (Å²) in [5, 5.41) is 4.14. The number of amides is 1. The van der Waals surface area contributed by atoms with Crippen molar-refractivity contribution in [3.63, 3.8) is 0 Å². The highest BCUT2D eigenvalue weighted by Crippen LogP contribution is 2.22. The van der Waals surface area contributed by atoms with Gasteiger partial charge in [0.1, 0.15) is 5.76 Å². The van der Waals surface area contributed by atoms with Gasteiger partial charge >= 0.3 is 0 Å². The van der Waals surface area contributed by atoms with E-state index in [0.29, 0.717) is 0 Å². The molecule has 4 rings (SSSR count). The van der Waals surface area contributed by atoms with Crippen LogP contribution in [0.25, 0.3) is 0 Å². The predicted molar refractivity (Wildman–Crippen MR) is 118 cm³/mol. The number of carbonyl (C=O) groups is 1. The normalized spacial score (nSPS) is 15.8. The number of hydrogen-bond acceptors (Lipinski definition) is 4. The molecule has 1 fully saturated rings. The fourth-order valence-electron chi connectivity index (χ4n) is 3.79. The topological polar surface area (TPSA) is 48.7 Å². The monoisotopic (exact) mass is 423 g/mol. The largest absolute Gasteiger partial charge is 0.467 e. The fourth-order valence-corrected chi connectivity index (χ4v) is 3.91. The summed E-state index contributed by atoms with van der Waals surface area (Å²) in [6, 6.07) is 21.7. The minimum Gasteiger partial charge on any atom is -0.467 e. The van der Waals surface area contributed by atoms with Gasteiger partial charge in [-0.05, 0) is 35.4 Å². The number of rotatable bonds is 7. The van der Waals surface area contributed by atoms with Crippen LogP contribution < -0.4 is 5.32 Å². The van der Waals surface area contributed by atoms with E-state index in [1.807, 2.05) is 59.5 Å². The smallest absolute Gasteiger partial charge is 0.236 e. The first-order valence-corrected chi connectivity index (χ1v) is 10.6. The lowest BCUT2D eigenvalue weighted by atomic mass is 10.0. The Morgan fingerprint density at radius 3 is 2.37 bits per heavy atom. The van der Waals surface area contributed by atoms with Gasteiger partial charge in [-0.25, -0.2) is 0 Å². The van der Waals surface area contributed by atoms with E-state index < -0.39 is 0 Å². The van der Waals surface area contributed by atoms with Gasteiger partial charge in [0.15, 0.2) is 0 Å². The molecule has 0 spiro atoms. The molecule has 1 aliphatic rings. The van der Waals surface area contributed by atoms with Crippen molar-refractivity contribution in [1.29, 1.82) is 0 Å². The Balaban J connectivity index is 1.29. The van der Waals surface area contributed by atoms with Crippen LogP contribution in [0.2, 0.25) is 5.02 Å². The second-order valence-electron chi connectivity index (χ2n) is 7.52. The molecule has 1 N–H and O–H groups in total. The van der Waals surface area contributed by atoms with Crippen LogP contribution in [0.15, 0.2) is 77.4 Å². The Bertz CT molecular complexity index is 921. The molecule has 3 aromatic rings. The number of piperazine rings is 1. The molecule has 156 valence electrons. The molecular weight excluding hydrogens is 398 g/mol. The Kier molecular flexibility index (Phi) is 6.84. The lowest BCUT2D eigenvalue weighted by Crippen LogP contribution is -2.50. The number of nitrogens with one attached hydrogen (secondary N) is 1. The van der Waals surface area contributed by atoms with Crippen molar-refractivity contribution < 1.29 is 9.21 Å². The molecule has 30 heavy (non-hydrogen) atoms. The summed E-state index contributed by atoms with van der Waals surface area (Å²) in [7, 11) is 0. The summed E-state index contributed by atoms with van der Waals surface area (Å²) in [6.45, 7) is 4.38. The van der Waals surface area contributed by atoms with Gasteiger partial charge in [0.25, 0.3) is 0 Å². The quantitative estimate of drug-likeness (QED) is 0.625. The molecule has 2 aromatic carbocycles. The molecule has 1 saturated heterocycles. The van der Waals surface area contributed by atoms with Gasteiger partial charge in [-0.1, -0.05) is 54.1 Å². The summed E-state index contributed by atoms with van der Waals surface area (Å²) in [5.41, 5.74) is 2.32. The zero-order chi connectivity index (χ0) is 20.8. The van der Waals surface area contributed by atoms with Gasteiger partial charge in [0.05, 0.1) is 18.8 Å². The maximum Gasteiger partial charge on any atom is 0.236 e. The highest BCUT2D eigenvalue weighted by Gasteiger charge is 2.23. The molecule has 5 nitrogen and oxygen atoms in total. The lowest BCUT2D eigenvalue weighted by Gasteiger charge is -2.35. The molecule has 1 atom stereocenters. The average Bonchev–Trinajstić information content (AvgIpc) is 3.31. The van der Waals surface area contributed by atoms with Crippen molar-refractivity contribution in [2.45, 2.75) is 12.6 Å². The molecule has 1 amide bonds. The van der Waals surface area contributed by atoms with Crippen molar-refractivity contribution in [3.05, 3.63) is 94.9 Å². The van der Waals surface area contributed by atoms with Crippen LogP contribution in [0.5, 0.6) is 0 Å². The van der Waals surface area contributed by atoms with Crippen LogP contribution >= 0.6 is 11.6 Å². The fraction of sp³-hybridized carbons (Fsp3) is 0.292. The molecule has 0 bridgehead atoms. The van der Waals surface area contributed by atoms with Gasteiger partial charge in [-0.2, -0.15) is 0 Å². The molecule has 1 aliphatic heterocycles. The third-order valence-electron chi connectivity index (χ3n) is 5.46. The molecule has 0 aliphatic carbocycles. The van der Waals surface area contributed by atoms with E-state index in [4.69, 9.17) is 16.0 Å². The van der Waals surface area contributed by atoms with Crippen molar-refractivity contribution in [3.8, 4) is 0 Å². The number of hydrogen-bond donors (Lipinski definition) is 1. The Morgan fingerprint density at radius 2 is 1.70 bits per heavy atom. The van der Waals surface area contributed by atoms with Crippen molar-refractivity contribution in [2.24, 2.45) is 0 Å². The second-order valence-corrected chi connectivity index (χ2v) is 7.96. The van der Waals surface area contributed by atoms with E-state index in [-0.39, 0.29) is 18.5 Å². The molecule has 2 heterocycles. The molecule has 6 heteroatoms. The van der Waals surface area contributed by atoms with Gasteiger partial charge < -0.3 is 9.32 Å². The number of furan rings is 1. The second kappa shape index (κ2) is 9.94. The maximum absolute atomic E-state index is 12.8. The van der Waals surface area contributed by atoms with Crippen LogP contribution in [0.3, 0.4) is 0 Å². The van der Waals surface area contributed by atoms with E-state index >= 15 is 0 Å². The van der Waals surface area contributed by atoms with Gasteiger partial charge in [0.2, 0.25) is 5.91 Å². The van der Waals surface area contributed by atoms with Crippen LogP contribution in [0.1, 0.15) is 22.9 Å². The van der Waals surface area contributed by atoms with Crippen LogP contribution in [0.4, 0.5) is 0 Å². The van der Waals surface area contributed by atoms with E-state index in [9.17, 15) is 4.79 Å². The molecule has 1 aromatic heterocycles. The van der Waals surface area contributed by atoms with Crippen LogP contribution in [0, 0.1) is 0 Å². The maximum atomic E-state index is 12.8. The summed E-state index contributed by atoms with van der Waals surface area (Å²) < 4.78 is 5.60. The van der Waals surface area contributed by atoms with Crippen molar-refractivity contribution in [1.82, 2.24) is 15.1 Å². The summed E-state index contributed by atoms with van der Waals surface area (Å²) in [6.07, 6.45) is 1.66. The molecule has 0 saturated carbocycles. The first-order valence-electron chi connectivity index (χ1n) is 10.3. The average molecular weight is 424 g/mol. The first-order chi connectivity index (χ1) is 14.7. The number of carbonyl (C=O) groups excluding carboxylic acids is 1. The number of halogens is 1. The van der Waals surface area contributed by atoms with E-state index in [0.717, 1.165) is 49.1 Å². The third-order valence-corrected chi connectivity index (χ3v) is 5.71. The summed E-state index contributed by atoms with van der Waals surface area (Å²) in [4.78, 5) is 17.1. The zero-order valence-corrected chi connectivity index (χ0v) is 17.6. The van der Waals surface area contributed by atoms with Crippen LogP contribution in [-0.2, 0) is 11.3 Å². The number of nitrogens with zero attached hydrogens (tertiary/aromatic N) is 2. The molecule has 0 unspecified atom stereocenters. The minimum absolute atomic E-state index is 0.119. The first kappa shape index (κ1) is 20.7. The third kappa shape index (κ3) is 5.30. The standard InChI is InChI=1S/C24H26ClN3O2/c25-21-10-8-19(9-11-21)18-27-12-14-28(15-13-27)23(29)17-26-24(22-7-4-16-30-22)20-5-2-1-3-6-20/h1-11,16,24,26H,12-15,17-18H2/t24-/m0/s1. The van der Waals surface area contributed by atoms with Crippen molar-refractivity contribution in [2.75, 3.05) is 32.7 Å². The van der Waals surface area contributed by atoms with Gasteiger partial charge in [0, 0.05) is 37.7 Å². The SMILES string of the molecule is O=C(CN[C@@H](c1ccccc1)c1ccco1)N1CCN(Cc2ccc(Cl)cc2)CC1. The highest BCUT2D eigenvalue weighted by atomic mass is 35.5. The Hall–Kier alpha value is -2.60. The highest BCUT2D eigenvalue weighted by molar-refractivity contribution is 6.30. The van der Waals surface area contributed by atoms with Gasteiger partial charge in [-0.15, -0.1) is 0 Å². The predicted octanol–water partition coefficient (Wildman–Crippen LogP) is 3.96. The van der Waals surface area contributed by atoms with E-state index in [1.54, 1.807) is 6.26 Å². The Labute approximate surface area is 182 Å². The van der Waals surface area contributed by atoms with E-state index in [1.165, 1.54) is 5.56 Å². The van der Waals surface area contributed by atoms with Gasteiger partial charge in [-0.3, -0.25) is 15.0 Å². The molecule has 0 radical (unpaired) electrons. The molecular formula is C24H26ClN3O2. The summed E-state index contributed by atoms with van der Waals surface area (Å²) in [5.74, 6) is 0.926. The lowest BCUT2D eigenvalue weighted by molar-refractivity contribution is -0.132. The van der Waals surface area contributed by atoms with Crippen molar-refractivity contribution >= 4 is 17.5 Å². The Morgan fingerprint density at radius 1 is 0.967 bits per heavy atom. The minimum atomic E-state index is -0.142. The summed E-state index contributed by atoms with van der Waals surface area (Å²) >= 11 is 5.96. The van der Waals surface area contributed by atoms with E-state index in [2.05, 4.69) is 22.3 Å². The van der Waals surface area contributed by atoms with Crippen LogP contribution in [-0.4, -0.2) is 48.4 Å².